The summed E-state index contributed by atoms with van der Waals surface area (Å²) in [6, 6.07) is 6.86. The average Bonchev–Trinajstić information content (AvgIpc) is 3.29. The zero-order valence-corrected chi connectivity index (χ0v) is 20.4. The maximum atomic E-state index is 12.9. The number of aromatic nitrogens is 4. The number of halogens is 1. The number of pyridine rings is 1. The van der Waals surface area contributed by atoms with Crippen molar-refractivity contribution < 1.29 is 9.59 Å². The summed E-state index contributed by atoms with van der Waals surface area (Å²) < 4.78 is 1.42. The number of piperidine rings is 1. The van der Waals surface area contributed by atoms with Gasteiger partial charge in [0.15, 0.2) is 5.65 Å². The number of rotatable bonds is 5. The van der Waals surface area contributed by atoms with Crippen molar-refractivity contribution in [3.63, 3.8) is 0 Å². The summed E-state index contributed by atoms with van der Waals surface area (Å²) in [4.78, 5) is 42.0. The Bertz CT molecular complexity index is 1240. The smallest absolute Gasteiger partial charge is 0.332 e. The van der Waals surface area contributed by atoms with E-state index in [4.69, 9.17) is 11.0 Å². The summed E-state index contributed by atoms with van der Waals surface area (Å²) in [7, 11) is 1.93. The van der Waals surface area contributed by atoms with Crippen molar-refractivity contribution in [1.82, 2.24) is 24.4 Å². The second-order valence-corrected chi connectivity index (χ2v) is 8.43. The van der Waals surface area contributed by atoms with Gasteiger partial charge in [0.1, 0.15) is 24.4 Å². The van der Waals surface area contributed by atoms with Gasteiger partial charge in [-0.3, -0.25) is 14.7 Å². The molecule has 1 fully saturated rings. The number of hydrogen-bond donors (Lipinski definition) is 2. The predicted molar refractivity (Wildman–Crippen MR) is 134 cm³/mol. The fraction of sp³-hybridized carbons (Fsp3) is 0.391. The van der Waals surface area contributed by atoms with Crippen LogP contribution in [0, 0.1) is 17.2 Å². The molecule has 1 aliphatic heterocycles. The largest absolute Gasteiger partial charge is 0.354 e. The average molecular weight is 498 g/mol. The summed E-state index contributed by atoms with van der Waals surface area (Å²) >= 11 is 0. The van der Waals surface area contributed by atoms with Crippen molar-refractivity contribution in [2.45, 2.75) is 32.4 Å². The molecule has 184 valence electrons. The van der Waals surface area contributed by atoms with Crippen molar-refractivity contribution in [1.29, 1.82) is 5.26 Å². The summed E-state index contributed by atoms with van der Waals surface area (Å²) in [6.07, 6.45) is 5.41. The van der Waals surface area contributed by atoms with Crippen LogP contribution in [0.2, 0.25) is 0 Å². The molecule has 4 heterocycles. The summed E-state index contributed by atoms with van der Waals surface area (Å²) in [6.45, 7) is 3.67. The summed E-state index contributed by atoms with van der Waals surface area (Å²) in [5, 5.41) is 12.4. The quantitative estimate of drug-likeness (QED) is 0.546. The molecule has 12 heteroatoms. The van der Waals surface area contributed by atoms with Gasteiger partial charge in [0, 0.05) is 39.1 Å². The molecule has 2 atom stereocenters. The van der Waals surface area contributed by atoms with Gasteiger partial charge in [-0.25, -0.2) is 19.7 Å². The Morgan fingerprint density at radius 1 is 1.29 bits per heavy atom. The van der Waals surface area contributed by atoms with Crippen LogP contribution in [0.1, 0.15) is 25.3 Å². The Balaban J connectivity index is 0.00000342. The number of likely N-dealkylation sites (N-methyl/N-ethyl adjacent to an activating group) is 1. The first-order valence-corrected chi connectivity index (χ1v) is 11.1. The van der Waals surface area contributed by atoms with Gasteiger partial charge in [0.05, 0.1) is 17.5 Å². The third kappa shape index (κ3) is 5.34. The molecule has 0 saturated carbocycles. The molecule has 11 nitrogen and oxygen atoms in total. The molecule has 2 amide bonds. The van der Waals surface area contributed by atoms with Crippen LogP contribution in [0.5, 0.6) is 0 Å². The van der Waals surface area contributed by atoms with Crippen LogP contribution in [0.4, 0.5) is 16.4 Å². The fourth-order valence-corrected chi connectivity index (χ4v) is 4.29. The molecule has 3 aromatic heterocycles. The maximum absolute atomic E-state index is 12.9. The minimum atomic E-state index is -0.394. The summed E-state index contributed by atoms with van der Waals surface area (Å²) in [5.41, 5.74) is 6.93. The van der Waals surface area contributed by atoms with Crippen LogP contribution in [0.15, 0.2) is 36.9 Å². The van der Waals surface area contributed by atoms with E-state index in [1.165, 1.54) is 10.9 Å². The molecule has 0 radical (unpaired) electrons. The molecule has 0 aromatic carbocycles. The first kappa shape index (κ1) is 25.9. The van der Waals surface area contributed by atoms with Crippen molar-refractivity contribution in [2.24, 2.45) is 11.7 Å². The number of amides is 2. The number of nitrogens with two attached hydrogens (primary N) is 1. The predicted octanol–water partition coefficient (Wildman–Crippen LogP) is 2.37. The highest BCUT2D eigenvalue weighted by Crippen LogP contribution is 2.29. The van der Waals surface area contributed by atoms with E-state index in [2.05, 4.69) is 27.2 Å². The molecule has 0 spiro atoms. The van der Waals surface area contributed by atoms with E-state index < -0.39 is 6.03 Å². The Morgan fingerprint density at radius 3 is 2.77 bits per heavy atom. The van der Waals surface area contributed by atoms with Crippen LogP contribution < -0.4 is 16.0 Å². The molecule has 0 aliphatic carbocycles. The Kier molecular flexibility index (Phi) is 8.22. The van der Waals surface area contributed by atoms with Crippen molar-refractivity contribution in [3.8, 4) is 6.07 Å². The number of hydrogen-bond acceptors (Lipinski definition) is 8. The Hall–Kier alpha value is -3.75. The number of nitrogens with one attached hydrogen (secondary N) is 1. The first-order chi connectivity index (χ1) is 16.4. The number of nitrogens with zero attached hydrogens (tertiary/aromatic N) is 7. The third-order valence-corrected chi connectivity index (χ3v) is 6.31. The zero-order valence-electron chi connectivity index (χ0n) is 19.6. The highest BCUT2D eigenvalue weighted by molar-refractivity contribution is 5.99. The van der Waals surface area contributed by atoms with E-state index in [-0.39, 0.29) is 30.8 Å². The van der Waals surface area contributed by atoms with Gasteiger partial charge in [-0.05, 0) is 30.0 Å². The van der Waals surface area contributed by atoms with E-state index in [0.717, 1.165) is 17.4 Å². The fourth-order valence-electron chi connectivity index (χ4n) is 4.29. The normalized spacial score (nSPS) is 17.4. The van der Waals surface area contributed by atoms with E-state index in [1.807, 2.05) is 24.1 Å². The van der Waals surface area contributed by atoms with E-state index >= 15 is 0 Å². The molecule has 35 heavy (non-hydrogen) atoms. The lowest BCUT2D eigenvalue weighted by atomic mass is 9.92. The van der Waals surface area contributed by atoms with Crippen LogP contribution in [0.3, 0.4) is 0 Å². The molecule has 0 bridgehead atoms. The minimum absolute atomic E-state index is 0. The second-order valence-electron chi connectivity index (χ2n) is 8.43. The van der Waals surface area contributed by atoms with Gasteiger partial charge in [-0.15, -0.1) is 12.4 Å². The first-order valence-electron chi connectivity index (χ1n) is 11.1. The van der Waals surface area contributed by atoms with Crippen LogP contribution in [-0.4, -0.2) is 62.5 Å². The highest BCUT2D eigenvalue weighted by atomic mass is 35.5. The molecule has 1 aliphatic rings. The molecule has 1 saturated heterocycles. The van der Waals surface area contributed by atoms with Gasteiger partial charge in [0.25, 0.3) is 0 Å². The minimum Gasteiger partial charge on any atom is -0.354 e. The summed E-state index contributed by atoms with van der Waals surface area (Å²) in [5.74, 6) is 1.24. The van der Waals surface area contributed by atoms with Crippen LogP contribution >= 0.6 is 12.4 Å². The topological polar surface area (TPSA) is 146 Å². The van der Waals surface area contributed by atoms with Gasteiger partial charge in [-0.1, -0.05) is 13.0 Å². The second kappa shape index (κ2) is 11.1. The zero-order chi connectivity index (χ0) is 24.2. The molecule has 3 aromatic rings. The number of carbonyl (C=O) groups excluding carboxylic acids is 2. The number of carbonyl (C=O) groups is 2. The molecule has 4 rings (SSSR count). The Labute approximate surface area is 209 Å². The standard InChI is InChI=1S/C23H27N9O2.ClH/c1-15-6-9-31(20(33)5-8-24)13-18(15)30(2)21-17-7-10-32(22(17)28-14-27-21)23(34)29-19-4-3-16(11-25)12-26-19;/h3-4,7,10,12,14-15,18H,5-6,9,11,13,25H2,1-2H3,(H,26,29,34);1H/t15-,18+;/m1./s1. The van der Waals surface area contributed by atoms with Crippen LogP contribution in [0.25, 0.3) is 11.0 Å². The van der Waals surface area contributed by atoms with Gasteiger partial charge < -0.3 is 15.5 Å². The number of nitriles is 1. The van der Waals surface area contributed by atoms with E-state index in [0.29, 0.717) is 42.8 Å². The van der Waals surface area contributed by atoms with Gasteiger partial charge in [-0.2, -0.15) is 5.26 Å². The lowest BCUT2D eigenvalue weighted by Gasteiger charge is -2.42. The van der Waals surface area contributed by atoms with Crippen molar-refractivity contribution >= 4 is 47.0 Å². The van der Waals surface area contributed by atoms with E-state index in [9.17, 15) is 9.59 Å². The maximum Gasteiger partial charge on any atom is 0.332 e. The van der Waals surface area contributed by atoms with Gasteiger partial charge >= 0.3 is 6.03 Å². The molecule has 0 unspecified atom stereocenters. The van der Waals surface area contributed by atoms with E-state index in [1.54, 1.807) is 29.4 Å². The van der Waals surface area contributed by atoms with Crippen molar-refractivity contribution in [2.75, 3.05) is 30.4 Å². The molecule has 3 N–H and O–H groups in total. The lowest BCUT2D eigenvalue weighted by Crippen LogP contribution is -2.52. The third-order valence-electron chi connectivity index (χ3n) is 6.31. The van der Waals surface area contributed by atoms with Crippen LogP contribution in [-0.2, 0) is 11.3 Å². The lowest BCUT2D eigenvalue weighted by molar-refractivity contribution is -0.131. The monoisotopic (exact) mass is 497 g/mol. The van der Waals surface area contributed by atoms with Gasteiger partial charge in [0.2, 0.25) is 5.91 Å². The number of fused-ring (bicyclic) bond motifs is 1. The molecular formula is C23H28ClN9O2. The Morgan fingerprint density at radius 2 is 2.09 bits per heavy atom. The SMILES string of the molecule is C[C@@H]1CCN(C(=O)CC#N)C[C@@H]1N(C)c1ncnc2c1ccn2C(=O)Nc1ccc(CN)cn1.Cl. The molecular weight excluding hydrogens is 470 g/mol. The number of likely N-dealkylation sites (tertiary alicyclic amines) is 1. The van der Waals surface area contributed by atoms with Crippen molar-refractivity contribution in [3.05, 3.63) is 42.5 Å². The number of anilines is 2. The highest BCUT2D eigenvalue weighted by Gasteiger charge is 2.32.